The molecule has 0 N–H and O–H groups in total. The smallest absolute Gasteiger partial charge is 0.436 e. The lowest BCUT2D eigenvalue weighted by molar-refractivity contribution is 0.00712. The molecule has 3 rings (SSSR count). The SMILES string of the molecule is CC[Si](C)(CC)O[Si](CC)(CC)O[Si]1(CC)O[Si]2(CC)O[Si](CC)(O[Si](CC)(CC)CC)O[Si]3(CC)O[Si](CC)(O2)O[Si](CC)(O1)O[Si@](CC)(OC)O3. The minimum atomic E-state index is -3.86. The van der Waals surface area contributed by atoms with Crippen LogP contribution in [0.3, 0.4) is 0 Å². The quantitative estimate of drug-likeness (QED) is 0.102. The molecule has 3 aliphatic heterocycles. The summed E-state index contributed by atoms with van der Waals surface area (Å²) in [6.45, 7) is 32.1. The van der Waals surface area contributed by atoms with Crippen LogP contribution in [0, 0.1) is 0 Å². The number of rotatable bonds is 21. The molecule has 0 aromatic carbocycles. The molecule has 3 aliphatic rings. The summed E-state index contributed by atoms with van der Waals surface area (Å²) in [6.07, 6.45) is 0. The molecule has 23 heteroatoms. The third kappa shape index (κ3) is 10.2. The summed E-state index contributed by atoms with van der Waals surface area (Å²) < 4.78 is 96.1. The van der Waals surface area contributed by atoms with Gasteiger partial charge < -0.3 is 53.8 Å². The monoisotopic (exact) mass is 924 g/mol. The highest BCUT2D eigenvalue weighted by Crippen LogP contribution is 2.49. The molecule has 0 saturated carbocycles. The highest BCUT2D eigenvalue weighted by atomic mass is 28.6. The van der Waals surface area contributed by atoms with E-state index in [9.17, 15) is 0 Å². The largest absolute Gasteiger partial charge is 0.485 e. The molecule has 6 unspecified atom stereocenters. The summed E-state index contributed by atoms with van der Waals surface area (Å²) in [5.74, 6) is 0. The number of fused-ring (bicyclic) bond motifs is 3. The van der Waals surface area contributed by atoms with Crippen molar-refractivity contribution in [2.45, 2.75) is 188 Å². The van der Waals surface area contributed by atoms with E-state index in [1.807, 2.05) is 27.7 Å². The molecular weight excluding hydrogens is 849 g/mol. The zero-order chi connectivity index (χ0) is 40.1. The Morgan fingerprint density at radius 2 is 0.698 bits per heavy atom. The van der Waals surface area contributed by atoms with Crippen molar-refractivity contribution in [3.05, 3.63) is 0 Å². The van der Waals surface area contributed by atoms with Gasteiger partial charge in [-0.15, -0.1) is 0 Å². The van der Waals surface area contributed by atoms with Crippen LogP contribution in [-0.4, -0.2) is 93.9 Å². The first-order valence-electron chi connectivity index (χ1n) is 20.9. The van der Waals surface area contributed by atoms with Crippen LogP contribution in [0.1, 0.15) is 96.9 Å². The van der Waals surface area contributed by atoms with Gasteiger partial charge in [-0.3, -0.25) is 0 Å². The molecular formula is C30H76O13Si10. The van der Waals surface area contributed by atoms with Gasteiger partial charge in [0.2, 0.25) is 0 Å². The summed E-state index contributed by atoms with van der Waals surface area (Å²) in [5.41, 5.74) is 0. The Balaban J connectivity index is 2.50. The predicted octanol–water partition coefficient (Wildman–Crippen LogP) is 9.69. The highest BCUT2D eigenvalue weighted by molar-refractivity contribution is 7.00. The minimum Gasteiger partial charge on any atom is -0.436 e. The van der Waals surface area contributed by atoms with Crippen LogP contribution in [-0.2, 0) is 53.8 Å². The second-order valence-corrected chi connectivity index (χ2v) is 51.5. The second-order valence-electron chi connectivity index (χ2n) is 14.7. The molecule has 4 bridgehead atoms. The van der Waals surface area contributed by atoms with Crippen molar-refractivity contribution in [3.63, 3.8) is 0 Å². The van der Waals surface area contributed by atoms with Gasteiger partial charge in [0.15, 0.2) is 16.6 Å². The molecule has 0 radical (unpaired) electrons. The lowest BCUT2D eigenvalue weighted by atomic mass is 10.9. The van der Waals surface area contributed by atoms with E-state index in [1.165, 1.54) is 0 Å². The molecule has 3 fully saturated rings. The fourth-order valence-electron chi connectivity index (χ4n) is 7.18. The van der Waals surface area contributed by atoms with Crippen LogP contribution >= 0.6 is 0 Å². The van der Waals surface area contributed by atoms with Gasteiger partial charge >= 0.3 is 70.2 Å². The van der Waals surface area contributed by atoms with Crippen molar-refractivity contribution in [2.75, 3.05) is 7.11 Å². The topological polar surface area (TPSA) is 120 Å². The van der Waals surface area contributed by atoms with Crippen LogP contribution in [0.2, 0.25) is 91.2 Å². The van der Waals surface area contributed by atoms with Crippen LogP contribution in [0.4, 0.5) is 0 Å². The van der Waals surface area contributed by atoms with Gasteiger partial charge in [0, 0.05) is 49.4 Å². The predicted molar refractivity (Wildman–Crippen MR) is 230 cm³/mol. The average molecular weight is 926 g/mol. The summed E-state index contributed by atoms with van der Waals surface area (Å²) in [4.78, 5) is 0. The molecule has 314 valence electrons. The highest BCUT2D eigenvalue weighted by Gasteiger charge is 2.77. The molecule has 0 aliphatic carbocycles. The lowest BCUT2D eigenvalue weighted by Crippen LogP contribution is -2.83. The van der Waals surface area contributed by atoms with E-state index in [-0.39, 0.29) is 0 Å². The Kier molecular flexibility index (Phi) is 17.5. The third-order valence-electron chi connectivity index (χ3n) is 11.8. The maximum atomic E-state index is 7.66. The molecule has 0 aromatic heterocycles. The summed E-state index contributed by atoms with van der Waals surface area (Å²) in [6, 6.07) is 9.28. The van der Waals surface area contributed by atoms with E-state index in [1.54, 1.807) is 7.11 Å². The maximum Gasteiger partial charge on any atom is 0.485 e. The van der Waals surface area contributed by atoms with Crippen molar-refractivity contribution in [3.8, 4) is 0 Å². The first kappa shape index (κ1) is 49.0. The van der Waals surface area contributed by atoms with Crippen molar-refractivity contribution in [1.82, 2.24) is 0 Å². The molecule has 0 amide bonds. The van der Waals surface area contributed by atoms with Crippen molar-refractivity contribution in [1.29, 1.82) is 0 Å². The van der Waals surface area contributed by atoms with Gasteiger partial charge in [-0.1, -0.05) is 96.9 Å². The van der Waals surface area contributed by atoms with Crippen LogP contribution in [0.15, 0.2) is 0 Å². The van der Waals surface area contributed by atoms with E-state index < -0.39 is 86.8 Å². The Morgan fingerprint density at radius 3 is 0.962 bits per heavy atom. The fourth-order valence-corrected chi connectivity index (χ4v) is 63.8. The van der Waals surface area contributed by atoms with E-state index in [0.717, 1.165) is 42.3 Å². The van der Waals surface area contributed by atoms with Crippen molar-refractivity contribution < 1.29 is 53.8 Å². The van der Waals surface area contributed by atoms with Gasteiger partial charge in [0.1, 0.15) is 0 Å². The normalized spacial score (nSPS) is 37.1. The van der Waals surface area contributed by atoms with Crippen LogP contribution < -0.4 is 0 Å². The Hall–Kier alpha value is 1.65. The fraction of sp³-hybridized carbons (Fsp3) is 1.00. The van der Waals surface area contributed by atoms with Gasteiger partial charge in [-0.25, -0.2) is 0 Å². The minimum absolute atomic E-state index is 0.416. The van der Waals surface area contributed by atoms with E-state index >= 15 is 0 Å². The Labute approximate surface area is 334 Å². The molecule has 7 atom stereocenters. The standard InChI is InChI=1S/C30H76O13Si10/c1-17-44(16,18-2)32-46(22-6,23-7)34-49(26-10)39-51(28-12)36-47(24-8,31-15)35-50(27-11)37-48(25-9,33-45(19-3,20-4)21-5)38-52(29-13,40-49)43-53(30-14,41-50)42-51/h17-30H2,1-16H3/t47-,48?,49?,50?,51?,52?,53?/m1/s1. The van der Waals surface area contributed by atoms with Gasteiger partial charge in [0.05, 0.1) is 0 Å². The first-order valence-corrected chi connectivity index (χ1v) is 42.0. The van der Waals surface area contributed by atoms with Gasteiger partial charge in [0.25, 0.3) is 0 Å². The zero-order valence-corrected chi connectivity index (χ0v) is 46.2. The van der Waals surface area contributed by atoms with Crippen LogP contribution in [0.25, 0.3) is 0 Å². The summed E-state index contributed by atoms with van der Waals surface area (Å²) in [5, 5.41) is 0. The number of hydrogen-bond acceptors (Lipinski definition) is 13. The molecule has 3 heterocycles. The lowest BCUT2D eigenvalue weighted by Gasteiger charge is -2.58. The Morgan fingerprint density at radius 1 is 0.377 bits per heavy atom. The van der Waals surface area contributed by atoms with Crippen LogP contribution in [0.5, 0.6) is 0 Å². The van der Waals surface area contributed by atoms with E-state index in [4.69, 9.17) is 53.8 Å². The number of hydrogen-bond donors (Lipinski definition) is 0. The summed E-state index contributed by atoms with van der Waals surface area (Å²) in [7, 11) is -32.1. The second kappa shape index (κ2) is 18.9. The van der Waals surface area contributed by atoms with Crippen molar-refractivity contribution >= 4 is 86.8 Å². The van der Waals surface area contributed by atoms with Gasteiger partial charge in [-0.05, 0) is 48.9 Å². The Bertz CT molecular complexity index is 1160. The van der Waals surface area contributed by atoms with Gasteiger partial charge in [-0.2, -0.15) is 0 Å². The third-order valence-corrected chi connectivity index (χ3v) is 59.0. The molecule has 0 aromatic rings. The van der Waals surface area contributed by atoms with Crippen molar-refractivity contribution in [2.24, 2.45) is 0 Å². The molecule has 3 saturated heterocycles. The molecule has 53 heavy (non-hydrogen) atoms. The molecule has 13 nitrogen and oxygen atoms in total. The van der Waals surface area contributed by atoms with E-state index in [0.29, 0.717) is 42.3 Å². The average Bonchev–Trinajstić information content (AvgIpc) is 3.17. The zero-order valence-electron chi connectivity index (χ0n) is 36.2. The molecule has 0 spiro atoms. The summed E-state index contributed by atoms with van der Waals surface area (Å²) >= 11 is 0. The van der Waals surface area contributed by atoms with E-state index in [2.05, 4.69) is 75.8 Å². The first-order chi connectivity index (χ1) is 24.9. The maximum absolute atomic E-state index is 7.66.